The van der Waals surface area contributed by atoms with Crippen LogP contribution in [-0.2, 0) is 6.42 Å². The van der Waals surface area contributed by atoms with Crippen LogP contribution >= 0.6 is 27.3 Å². The molecule has 0 bridgehead atoms. The summed E-state index contributed by atoms with van der Waals surface area (Å²) in [6, 6.07) is 10.7. The summed E-state index contributed by atoms with van der Waals surface area (Å²) < 4.78 is 1.12. The SMILES string of the molecule is CCc1cccc(C(NN)c2csc(Br)c2)c1. The Morgan fingerprint density at radius 3 is 2.76 bits per heavy atom. The molecule has 1 unspecified atom stereocenters. The van der Waals surface area contributed by atoms with Crippen molar-refractivity contribution in [3.63, 3.8) is 0 Å². The molecule has 2 aromatic rings. The van der Waals surface area contributed by atoms with E-state index in [1.165, 1.54) is 16.7 Å². The summed E-state index contributed by atoms with van der Waals surface area (Å²) in [5, 5.41) is 2.12. The highest BCUT2D eigenvalue weighted by Crippen LogP contribution is 2.29. The van der Waals surface area contributed by atoms with Crippen molar-refractivity contribution in [3.05, 3.63) is 56.2 Å². The fraction of sp³-hybridized carbons (Fsp3) is 0.231. The first kappa shape index (κ1) is 12.8. The first-order chi connectivity index (χ1) is 8.24. The van der Waals surface area contributed by atoms with E-state index >= 15 is 0 Å². The van der Waals surface area contributed by atoms with Gasteiger partial charge in [-0.2, -0.15) is 0 Å². The van der Waals surface area contributed by atoms with E-state index in [0.29, 0.717) is 0 Å². The molecule has 1 aromatic carbocycles. The molecule has 0 spiro atoms. The molecule has 1 atom stereocenters. The maximum atomic E-state index is 5.68. The molecule has 1 aromatic heterocycles. The lowest BCUT2D eigenvalue weighted by Crippen LogP contribution is -2.28. The Bertz CT molecular complexity index is 496. The number of hydrogen-bond donors (Lipinski definition) is 2. The zero-order valence-corrected chi connectivity index (χ0v) is 12.0. The van der Waals surface area contributed by atoms with Crippen molar-refractivity contribution < 1.29 is 0 Å². The van der Waals surface area contributed by atoms with E-state index in [2.05, 4.69) is 64.0 Å². The summed E-state index contributed by atoms with van der Waals surface area (Å²) >= 11 is 5.15. The average Bonchev–Trinajstić information content (AvgIpc) is 2.77. The van der Waals surface area contributed by atoms with Crippen LogP contribution in [0.2, 0.25) is 0 Å². The highest BCUT2D eigenvalue weighted by atomic mass is 79.9. The van der Waals surface area contributed by atoms with Crippen LogP contribution in [0.15, 0.2) is 39.5 Å². The fourth-order valence-corrected chi connectivity index (χ4v) is 3.05. The zero-order chi connectivity index (χ0) is 12.3. The third-order valence-electron chi connectivity index (χ3n) is 2.78. The van der Waals surface area contributed by atoms with Gasteiger partial charge in [0.15, 0.2) is 0 Å². The summed E-state index contributed by atoms with van der Waals surface area (Å²) in [7, 11) is 0. The van der Waals surface area contributed by atoms with Crippen LogP contribution < -0.4 is 11.3 Å². The second-order valence-corrected chi connectivity index (χ2v) is 6.17. The Hall–Kier alpha value is -0.680. The van der Waals surface area contributed by atoms with Gasteiger partial charge in [-0.1, -0.05) is 31.2 Å². The van der Waals surface area contributed by atoms with E-state index in [1.54, 1.807) is 11.3 Å². The molecule has 90 valence electrons. The molecule has 0 saturated carbocycles. The normalized spacial score (nSPS) is 12.6. The van der Waals surface area contributed by atoms with E-state index in [9.17, 15) is 0 Å². The lowest BCUT2D eigenvalue weighted by molar-refractivity contribution is 0.638. The lowest BCUT2D eigenvalue weighted by atomic mass is 9.99. The Morgan fingerprint density at radius 1 is 1.35 bits per heavy atom. The molecular weight excluding hydrogens is 296 g/mol. The zero-order valence-electron chi connectivity index (χ0n) is 9.61. The van der Waals surface area contributed by atoms with Crippen LogP contribution in [0.25, 0.3) is 0 Å². The largest absolute Gasteiger partial charge is 0.271 e. The molecule has 1 heterocycles. The van der Waals surface area contributed by atoms with Crippen molar-refractivity contribution in [1.82, 2.24) is 5.43 Å². The van der Waals surface area contributed by atoms with Gasteiger partial charge in [-0.25, -0.2) is 5.43 Å². The van der Waals surface area contributed by atoms with Crippen molar-refractivity contribution >= 4 is 27.3 Å². The summed E-state index contributed by atoms with van der Waals surface area (Å²) in [5.41, 5.74) is 6.61. The second kappa shape index (κ2) is 5.78. The van der Waals surface area contributed by atoms with Crippen LogP contribution in [0.1, 0.15) is 29.7 Å². The first-order valence-corrected chi connectivity index (χ1v) is 7.20. The fourth-order valence-electron chi connectivity index (χ4n) is 1.85. The molecule has 0 aliphatic rings. The summed E-state index contributed by atoms with van der Waals surface area (Å²) in [5.74, 6) is 5.68. The molecule has 0 amide bonds. The number of halogens is 1. The van der Waals surface area contributed by atoms with Gasteiger partial charge in [0.1, 0.15) is 0 Å². The van der Waals surface area contributed by atoms with E-state index in [0.717, 1.165) is 10.2 Å². The van der Waals surface area contributed by atoms with Gasteiger partial charge in [-0.15, -0.1) is 11.3 Å². The van der Waals surface area contributed by atoms with Crippen LogP contribution in [0.3, 0.4) is 0 Å². The van der Waals surface area contributed by atoms with E-state index < -0.39 is 0 Å². The summed E-state index contributed by atoms with van der Waals surface area (Å²) in [6.07, 6.45) is 1.04. The van der Waals surface area contributed by atoms with Crippen LogP contribution in [0, 0.1) is 0 Å². The van der Waals surface area contributed by atoms with Gasteiger partial charge < -0.3 is 0 Å². The molecule has 4 heteroatoms. The number of hydrogen-bond acceptors (Lipinski definition) is 3. The molecule has 2 nitrogen and oxygen atoms in total. The number of benzene rings is 1. The Labute approximate surface area is 114 Å². The molecule has 0 fully saturated rings. The lowest BCUT2D eigenvalue weighted by Gasteiger charge is -2.15. The minimum atomic E-state index is 0.0593. The third kappa shape index (κ3) is 2.96. The minimum absolute atomic E-state index is 0.0593. The van der Waals surface area contributed by atoms with Gasteiger partial charge in [-0.05, 0) is 50.5 Å². The predicted molar refractivity (Wildman–Crippen MR) is 77.0 cm³/mol. The monoisotopic (exact) mass is 310 g/mol. The Morgan fingerprint density at radius 2 is 2.18 bits per heavy atom. The van der Waals surface area contributed by atoms with Crippen molar-refractivity contribution in [2.45, 2.75) is 19.4 Å². The number of nitrogens with one attached hydrogen (secondary N) is 1. The number of nitrogens with two attached hydrogens (primary N) is 1. The molecule has 3 N–H and O–H groups in total. The Kier molecular flexibility index (Phi) is 4.34. The summed E-state index contributed by atoms with van der Waals surface area (Å²) in [4.78, 5) is 0. The van der Waals surface area contributed by atoms with Gasteiger partial charge >= 0.3 is 0 Å². The van der Waals surface area contributed by atoms with Gasteiger partial charge in [0, 0.05) is 0 Å². The molecular formula is C13H15BrN2S. The van der Waals surface area contributed by atoms with Crippen molar-refractivity contribution in [1.29, 1.82) is 0 Å². The number of rotatable bonds is 4. The van der Waals surface area contributed by atoms with Gasteiger partial charge in [0.2, 0.25) is 0 Å². The average molecular weight is 311 g/mol. The number of aryl methyl sites for hydroxylation is 1. The van der Waals surface area contributed by atoms with Gasteiger partial charge in [-0.3, -0.25) is 5.84 Å². The van der Waals surface area contributed by atoms with E-state index in [-0.39, 0.29) is 6.04 Å². The maximum Gasteiger partial charge on any atom is 0.0718 e. The van der Waals surface area contributed by atoms with Crippen LogP contribution in [0.5, 0.6) is 0 Å². The second-order valence-electron chi connectivity index (χ2n) is 3.88. The standard InChI is InChI=1S/C13H15BrN2S/c1-2-9-4-3-5-10(6-9)13(16-15)11-7-12(14)17-8-11/h3-8,13,16H,2,15H2,1H3. The Balaban J connectivity index is 2.34. The van der Waals surface area contributed by atoms with Crippen molar-refractivity contribution in [3.8, 4) is 0 Å². The highest BCUT2D eigenvalue weighted by molar-refractivity contribution is 9.11. The first-order valence-electron chi connectivity index (χ1n) is 5.53. The molecule has 17 heavy (non-hydrogen) atoms. The summed E-state index contributed by atoms with van der Waals surface area (Å²) in [6.45, 7) is 2.16. The number of thiophene rings is 1. The highest BCUT2D eigenvalue weighted by Gasteiger charge is 2.13. The molecule has 0 radical (unpaired) electrons. The smallest absolute Gasteiger partial charge is 0.0718 e. The van der Waals surface area contributed by atoms with Gasteiger partial charge in [0.25, 0.3) is 0 Å². The van der Waals surface area contributed by atoms with E-state index in [4.69, 9.17) is 5.84 Å². The molecule has 2 rings (SSSR count). The van der Waals surface area contributed by atoms with Crippen molar-refractivity contribution in [2.24, 2.45) is 5.84 Å². The maximum absolute atomic E-state index is 5.68. The van der Waals surface area contributed by atoms with Crippen LogP contribution in [0.4, 0.5) is 0 Å². The van der Waals surface area contributed by atoms with Crippen LogP contribution in [-0.4, -0.2) is 0 Å². The quantitative estimate of drug-likeness (QED) is 0.668. The minimum Gasteiger partial charge on any atom is -0.271 e. The molecule has 0 aliphatic carbocycles. The number of hydrazine groups is 1. The van der Waals surface area contributed by atoms with Crippen molar-refractivity contribution in [2.75, 3.05) is 0 Å². The molecule has 0 saturated heterocycles. The van der Waals surface area contributed by atoms with E-state index in [1.807, 2.05) is 0 Å². The molecule has 0 aliphatic heterocycles. The predicted octanol–water partition coefficient (Wildman–Crippen LogP) is 3.63. The third-order valence-corrected chi connectivity index (χ3v) is 4.30. The van der Waals surface area contributed by atoms with Gasteiger partial charge in [0.05, 0.1) is 9.83 Å². The topological polar surface area (TPSA) is 38.0 Å².